The van der Waals surface area contributed by atoms with Crippen molar-refractivity contribution < 1.29 is 14.3 Å². The Hall–Kier alpha value is -2.07. The minimum atomic E-state index is 0.0122. The van der Waals surface area contributed by atoms with Crippen molar-refractivity contribution in [3.05, 3.63) is 42.0 Å². The van der Waals surface area contributed by atoms with E-state index in [0.717, 1.165) is 44.1 Å². The molecule has 3 fully saturated rings. The van der Waals surface area contributed by atoms with Crippen molar-refractivity contribution in [3.63, 3.8) is 0 Å². The smallest absolute Gasteiger partial charge is 0.309 e. The maximum absolute atomic E-state index is 12.0. The third kappa shape index (κ3) is 4.91. The topological polar surface area (TPSA) is 38.8 Å². The molecule has 2 atom stereocenters. The van der Waals surface area contributed by atoms with Crippen LogP contribution in [0.5, 0.6) is 5.75 Å². The van der Waals surface area contributed by atoms with Crippen LogP contribution < -0.4 is 4.74 Å². The lowest BCUT2D eigenvalue weighted by atomic mass is 9.72. The summed E-state index contributed by atoms with van der Waals surface area (Å²) in [6.07, 6.45) is 5.20. The molecule has 0 aromatic heterocycles. The molecule has 2 aromatic carbocycles. The number of carbonyl (C=O) groups is 1. The zero-order valence-electron chi connectivity index (χ0n) is 20.7. The van der Waals surface area contributed by atoms with Crippen LogP contribution in [0.15, 0.2) is 36.4 Å². The third-order valence-electron chi connectivity index (χ3n) is 8.31. The summed E-state index contributed by atoms with van der Waals surface area (Å²) in [5, 5.41) is 2.51. The lowest BCUT2D eigenvalue weighted by Gasteiger charge is -2.37. The van der Waals surface area contributed by atoms with E-state index in [9.17, 15) is 4.79 Å². The van der Waals surface area contributed by atoms with Crippen molar-refractivity contribution in [2.45, 2.75) is 66.0 Å². The van der Waals surface area contributed by atoms with Gasteiger partial charge in [-0.3, -0.25) is 9.69 Å². The molecule has 4 heteroatoms. The molecule has 0 spiro atoms. The third-order valence-corrected chi connectivity index (χ3v) is 8.31. The van der Waals surface area contributed by atoms with Gasteiger partial charge in [0, 0.05) is 19.6 Å². The standard InChI is InChI=1S/C29H39NO3/c1-5-32-28(31)27-25-17-30(18-26(25)27)16-19-6-7-21-15-24(11-8-20(21)14-19)33-23-12-9-22(10-13-23)29(2,3)4/h6-8,11,14-15,22-23,25-27H,5,9-10,12-13,16-18H2,1-4H3. The van der Waals surface area contributed by atoms with Gasteiger partial charge in [-0.1, -0.05) is 39.0 Å². The summed E-state index contributed by atoms with van der Waals surface area (Å²) in [6, 6.07) is 13.3. The van der Waals surface area contributed by atoms with E-state index in [1.54, 1.807) is 0 Å². The van der Waals surface area contributed by atoms with E-state index in [1.807, 2.05) is 6.92 Å². The summed E-state index contributed by atoms with van der Waals surface area (Å²) in [5.41, 5.74) is 1.75. The van der Waals surface area contributed by atoms with Gasteiger partial charge in [-0.05, 0) is 90.3 Å². The summed E-state index contributed by atoms with van der Waals surface area (Å²) in [7, 11) is 0. The van der Waals surface area contributed by atoms with E-state index in [4.69, 9.17) is 9.47 Å². The van der Waals surface area contributed by atoms with E-state index in [0.29, 0.717) is 30.0 Å². The molecule has 1 heterocycles. The first kappa shape index (κ1) is 22.7. The van der Waals surface area contributed by atoms with Crippen LogP contribution in [0.4, 0.5) is 0 Å². The van der Waals surface area contributed by atoms with Crippen LogP contribution in [0.1, 0.15) is 58.9 Å². The summed E-state index contributed by atoms with van der Waals surface area (Å²) >= 11 is 0. The second kappa shape index (κ2) is 8.94. The number of hydrogen-bond acceptors (Lipinski definition) is 4. The molecule has 2 unspecified atom stereocenters. The molecule has 2 saturated carbocycles. The zero-order chi connectivity index (χ0) is 23.2. The molecule has 0 bridgehead atoms. The molecule has 1 aliphatic heterocycles. The Morgan fingerprint density at radius 1 is 0.970 bits per heavy atom. The van der Waals surface area contributed by atoms with Crippen molar-refractivity contribution in [2.24, 2.45) is 29.1 Å². The molecule has 4 nitrogen and oxygen atoms in total. The lowest BCUT2D eigenvalue weighted by Crippen LogP contribution is -2.30. The quantitative estimate of drug-likeness (QED) is 0.502. The SMILES string of the molecule is CCOC(=O)C1C2CN(Cc3ccc4cc(OC5CCC(C(C)(C)C)CC5)ccc4c3)CC21. The van der Waals surface area contributed by atoms with Gasteiger partial charge in [0.15, 0.2) is 0 Å². The van der Waals surface area contributed by atoms with Crippen LogP contribution >= 0.6 is 0 Å². The van der Waals surface area contributed by atoms with Crippen LogP contribution in [0.25, 0.3) is 10.8 Å². The maximum atomic E-state index is 12.0. The highest BCUT2D eigenvalue weighted by molar-refractivity contribution is 5.84. The number of likely N-dealkylation sites (tertiary alicyclic amines) is 1. The van der Waals surface area contributed by atoms with Crippen LogP contribution in [0, 0.1) is 29.1 Å². The Balaban J connectivity index is 1.15. The number of nitrogens with zero attached hydrogens (tertiary/aromatic N) is 1. The van der Waals surface area contributed by atoms with Crippen molar-refractivity contribution in [1.29, 1.82) is 0 Å². The summed E-state index contributed by atoms with van der Waals surface area (Å²) in [4.78, 5) is 14.5. The normalized spacial score (nSPS) is 29.6. The van der Waals surface area contributed by atoms with Crippen LogP contribution in [-0.4, -0.2) is 36.7 Å². The van der Waals surface area contributed by atoms with Crippen molar-refractivity contribution >= 4 is 16.7 Å². The number of piperidine rings is 1. The first-order valence-electron chi connectivity index (χ1n) is 12.9. The average molecular weight is 450 g/mol. The summed E-state index contributed by atoms with van der Waals surface area (Å²) < 4.78 is 11.6. The number of rotatable bonds is 6. The molecule has 178 valence electrons. The summed E-state index contributed by atoms with van der Waals surface area (Å²) in [6.45, 7) is 12.4. The Morgan fingerprint density at radius 2 is 1.64 bits per heavy atom. The second-order valence-corrected chi connectivity index (χ2v) is 11.6. The van der Waals surface area contributed by atoms with Gasteiger partial charge in [0.05, 0.1) is 18.6 Å². The highest BCUT2D eigenvalue weighted by atomic mass is 16.5. The van der Waals surface area contributed by atoms with Crippen molar-refractivity contribution in [2.75, 3.05) is 19.7 Å². The minimum Gasteiger partial charge on any atom is -0.490 e. The van der Waals surface area contributed by atoms with E-state index < -0.39 is 0 Å². The molecule has 0 N–H and O–H groups in total. The fourth-order valence-electron chi connectivity index (χ4n) is 6.27. The molecule has 0 radical (unpaired) electrons. The van der Waals surface area contributed by atoms with Gasteiger partial charge in [-0.25, -0.2) is 0 Å². The molecule has 2 aromatic rings. The Labute approximate surface area is 198 Å². The fourth-order valence-corrected chi connectivity index (χ4v) is 6.27. The molecule has 33 heavy (non-hydrogen) atoms. The van der Waals surface area contributed by atoms with E-state index in [2.05, 4.69) is 62.1 Å². The zero-order valence-corrected chi connectivity index (χ0v) is 20.7. The van der Waals surface area contributed by atoms with E-state index in [1.165, 1.54) is 29.2 Å². The first-order valence-corrected chi connectivity index (χ1v) is 12.9. The van der Waals surface area contributed by atoms with Gasteiger partial charge >= 0.3 is 5.97 Å². The van der Waals surface area contributed by atoms with E-state index >= 15 is 0 Å². The highest BCUT2D eigenvalue weighted by Crippen LogP contribution is 2.52. The number of carbonyl (C=O) groups excluding carboxylic acids is 1. The number of ether oxygens (including phenoxy) is 2. The van der Waals surface area contributed by atoms with Gasteiger partial charge in [0.2, 0.25) is 0 Å². The average Bonchev–Trinajstić information content (AvgIpc) is 3.29. The van der Waals surface area contributed by atoms with Crippen molar-refractivity contribution in [1.82, 2.24) is 4.90 Å². The fraction of sp³-hybridized carbons (Fsp3) is 0.621. The Bertz CT molecular complexity index is 990. The van der Waals surface area contributed by atoms with Gasteiger partial charge in [-0.2, -0.15) is 0 Å². The minimum absolute atomic E-state index is 0.0122. The molecule has 0 amide bonds. The van der Waals surface area contributed by atoms with Gasteiger partial charge < -0.3 is 9.47 Å². The number of fused-ring (bicyclic) bond motifs is 2. The van der Waals surface area contributed by atoms with E-state index in [-0.39, 0.29) is 11.9 Å². The second-order valence-electron chi connectivity index (χ2n) is 11.6. The maximum Gasteiger partial charge on any atom is 0.309 e. The van der Waals surface area contributed by atoms with Crippen LogP contribution in [0.2, 0.25) is 0 Å². The first-order chi connectivity index (χ1) is 15.8. The number of esters is 1. The lowest BCUT2D eigenvalue weighted by molar-refractivity contribution is -0.145. The molecule has 2 aliphatic carbocycles. The van der Waals surface area contributed by atoms with Crippen LogP contribution in [0.3, 0.4) is 0 Å². The van der Waals surface area contributed by atoms with Crippen molar-refractivity contribution in [3.8, 4) is 5.75 Å². The predicted octanol–water partition coefficient (Wildman–Crippen LogP) is 6.06. The largest absolute Gasteiger partial charge is 0.490 e. The van der Waals surface area contributed by atoms with Gasteiger partial charge in [0.1, 0.15) is 5.75 Å². The molecular weight excluding hydrogens is 410 g/mol. The molecular formula is C29H39NO3. The Kier molecular flexibility index (Phi) is 6.15. The number of benzene rings is 2. The Morgan fingerprint density at radius 3 is 2.30 bits per heavy atom. The predicted molar refractivity (Wildman–Crippen MR) is 132 cm³/mol. The van der Waals surface area contributed by atoms with Gasteiger partial charge in [-0.15, -0.1) is 0 Å². The monoisotopic (exact) mass is 449 g/mol. The number of hydrogen-bond donors (Lipinski definition) is 0. The molecule has 1 saturated heterocycles. The van der Waals surface area contributed by atoms with Gasteiger partial charge in [0.25, 0.3) is 0 Å². The molecule has 3 aliphatic rings. The summed E-state index contributed by atoms with van der Waals surface area (Å²) in [5.74, 6) is 2.98. The van der Waals surface area contributed by atoms with Crippen LogP contribution in [-0.2, 0) is 16.1 Å². The molecule has 5 rings (SSSR count). The highest BCUT2D eigenvalue weighted by Gasteiger charge is 2.60.